The molecule has 0 spiro atoms. The number of nitrogens with zero attached hydrogens (tertiary/aromatic N) is 2. The molecule has 0 bridgehead atoms. The lowest BCUT2D eigenvalue weighted by Crippen LogP contribution is -2.32. The zero-order chi connectivity index (χ0) is 12.4. The number of benzene rings is 1. The molecule has 1 unspecified atom stereocenters. The molecule has 1 atom stereocenters. The summed E-state index contributed by atoms with van der Waals surface area (Å²) in [7, 11) is 0. The van der Waals surface area contributed by atoms with E-state index < -0.39 is 0 Å². The normalized spacial score (nSPS) is 18.9. The molecule has 18 heavy (non-hydrogen) atoms. The average molecular weight is 242 g/mol. The molecule has 1 amide bonds. The standard InChI is InChI=1S/C13H14N4O/c18-13-9-11(15-16-13)8-10-2-4-12(5-3-10)17-7-1-6-14-17/h1-7,11,15H,8-9H2,(H,16,18). The molecule has 1 saturated heterocycles. The highest BCUT2D eigenvalue weighted by Crippen LogP contribution is 2.12. The molecule has 5 heteroatoms. The van der Waals surface area contributed by atoms with E-state index in [0.717, 1.165) is 12.1 Å². The van der Waals surface area contributed by atoms with Crippen molar-refractivity contribution >= 4 is 5.91 Å². The van der Waals surface area contributed by atoms with Gasteiger partial charge in [-0.05, 0) is 30.2 Å². The number of carbonyl (C=O) groups excluding carboxylic acids is 1. The first-order valence-electron chi connectivity index (χ1n) is 5.94. The minimum absolute atomic E-state index is 0.0631. The predicted octanol–water partition coefficient (Wildman–Crippen LogP) is 0.808. The lowest BCUT2D eigenvalue weighted by Gasteiger charge is -2.09. The van der Waals surface area contributed by atoms with Crippen LogP contribution in [0.2, 0.25) is 0 Å². The number of aromatic nitrogens is 2. The SMILES string of the molecule is O=C1CC(Cc2ccc(-n3cccn3)cc2)NN1. The fourth-order valence-electron chi connectivity index (χ4n) is 2.12. The Labute approximate surface area is 105 Å². The molecule has 92 valence electrons. The molecular formula is C13H14N4O. The number of hydrazine groups is 1. The van der Waals surface area contributed by atoms with Gasteiger partial charge in [0, 0.05) is 24.9 Å². The van der Waals surface area contributed by atoms with E-state index in [9.17, 15) is 4.79 Å². The topological polar surface area (TPSA) is 59.0 Å². The molecule has 1 aliphatic heterocycles. The van der Waals surface area contributed by atoms with Crippen molar-refractivity contribution in [3.8, 4) is 5.69 Å². The molecule has 0 aliphatic carbocycles. The summed E-state index contributed by atoms with van der Waals surface area (Å²) >= 11 is 0. The first-order valence-corrected chi connectivity index (χ1v) is 5.94. The lowest BCUT2D eigenvalue weighted by molar-refractivity contribution is -0.119. The Bertz CT molecular complexity index is 533. The summed E-state index contributed by atoms with van der Waals surface area (Å²) in [5.74, 6) is 0.0631. The van der Waals surface area contributed by atoms with Gasteiger partial charge in [0.05, 0.1) is 5.69 Å². The summed E-state index contributed by atoms with van der Waals surface area (Å²) in [6.45, 7) is 0. The van der Waals surface area contributed by atoms with Gasteiger partial charge in [-0.15, -0.1) is 0 Å². The molecule has 2 N–H and O–H groups in total. The van der Waals surface area contributed by atoms with Gasteiger partial charge in [-0.25, -0.2) is 10.1 Å². The summed E-state index contributed by atoms with van der Waals surface area (Å²) in [6.07, 6.45) is 5.06. The highest BCUT2D eigenvalue weighted by molar-refractivity contribution is 5.78. The molecule has 1 aliphatic rings. The Balaban J connectivity index is 1.70. The van der Waals surface area contributed by atoms with Crippen molar-refractivity contribution in [3.05, 3.63) is 48.3 Å². The van der Waals surface area contributed by atoms with E-state index in [0.29, 0.717) is 6.42 Å². The Morgan fingerprint density at radius 2 is 2.17 bits per heavy atom. The van der Waals surface area contributed by atoms with E-state index in [1.54, 1.807) is 6.20 Å². The minimum Gasteiger partial charge on any atom is -0.291 e. The van der Waals surface area contributed by atoms with Gasteiger partial charge < -0.3 is 0 Å². The van der Waals surface area contributed by atoms with Gasteiger partial charge in [0.2, 0.25) is 5.91 Å². The minimum atomic E-state index is 0.0631. The van der Waals surface area contributed by atoms with Crippen molar-refractivity contribution in [3.63, 3.8) is 0 Å². The summed E-state index contributed by atoms with van der Waals surface area (Å²) in [5.41, 5.74) is 7.85. The maximum atomic E-state index is 11.1. The maximum Gasteiger partial charge on any atom is 0.235 e. The zero-order valence-corrected chi connectivity index (χ0v) is 9.84. The molecule has 1 aromatic carbocycles. The molecule has 2 heterocycles. The number of rotatable bonds is 3. The third kappa shape index (κ3) is 2.26. The van der Waals surface area contributed by atoms with Crippen LogP contribution in [0.3, 0.4) is 0 Å². The monoisotopic (exact) mass is 242 g/mol. The molecular weight excluding hydrogens is 228 g/mol. The van der Waals surface area contributed by atoms with E-state index in [2.05, 4.69) is 28.1 Å². The van der Waals surface area contributed by atoms with Crippen molar-refractivity contribution in [2.24, 2.45) is 0 Å². The van der Waals surface area contributed by atoms with Gasteiger partial charge in [0.15, 0.2) is 0 Å². The first-order chi connectivity index (χ1) is 8.81. The average Bonchev–Trinajstić information content (AvgIpc) is 3.02. The lowest BCUT2D eigenvalue weighted by atomic mass is 10.0. The van der Waals surface area contributed by atoms with E-state index in [4.69, 9.17) is 0 Å². The molecule has 0 radical (unpaired) electrons. The summed E-state index contributed by atoms with van der Waals surface area (Å²) in [6, 6.07) is 10.3. The van der Waals surface area contributed by atoms with Crippen LogP contribution in [0.1, 0.15) is 12.0 Å². The van der Waals surface area contributed by atoms with Crippen LogP contribution in [0.25, 0.3) is 5.69 Å². The fourth-order valence-corrected chi connectivity index (χ4v) is 2.12. The Hall–Kier alpha value is -2.14. The number of hydrogen-bond acceptors (Lipinski definition) is 3. The van der Waals surface area contributed by atoms with Crippen LogP contribution in [0.4, 0.5) is 0 Å². The van der Waals surface area contributed by atoms with Gasteiger partial charge >= 0.3 is 0 Å². The summed E-state index contributed by atoms with van der Waals surface area (Å²) in [5, 5.41) is 4.18. The Morgan fingerprint density at radius 1 is 1.33 bits per heavy atom. The molecule has 5 nitrogen and oxygen atoms in total. The number of carbonyl (C=O) groups is 1. The van der Waals surface area contributed by atoms with Crippen LogP contribution < -0.4 is 10.9 Å². The predicted molar refractivity (Wildman–Crippen MR) is 67.0 cm³/mol. The second-order valence-corrected chi connectivity index (χ2v) is 4.41. The summed E-state index contributed by atoms with van der Waals surface area (Å²) < 4.78 is 1.82. The molecule has 3 rings (SSSR count). The molecule has 2 aromatic rings. The van der Waals surface area contributed by atoms with Gasteiger partial charge in [-0.3, -0.25) is 10.2 Å². The third-order valence-corrected chi connectivity index (χ3v) is 3.03. The second-order valence-electron chi connectivity index (χ2n) is 4.41. The Morgan fingerprint density at radius 3 is 2.78 bits per heavy atom. The van der Waals surface area contributed by atoms with Crippen LogP contribution in [0.5, 0.6) is 0 Å². The van der Waals surface area contributed by atoms with E-state index in [-0.39, 0.29) is 11.9 Å². The first kappa shape index (κ1) is 11.0. The molecule has 1 fully saturated rings. The third-order valence-electron chi connectivity index (χ3n) is 3.03. The molecule has 1 aromatic heterocycles. The van der Waals surface area contributed by atoms with Crippen LogP contribution in [-0.2, 0) is 11.2 Å². The van der Waals surface area contributed by atoms with Crippen LogP contribution >= 0.6 is 0 Å². The zero-order valence-electron chi connectivity index (χ0n) is 9.84. The fraction of sp³-hybridized carbons (Fsp3) is 0.231. The molecule has 0 saturated carbocycles. The van der Waals surface area contributed by atoms with Gasteiger partial charge in [0.1, 0.15) is 0 Å². The van der Waals surface area contributed by atoms with Crippen molar-refractivity contribution in [2.75, 3.05) is 0 Å². The van der Waals surface area contributed by atoms with Crippen molar-refractivity contribution in [1.29, 1.82) is 0 Å². The largest absolute Gasteiger partial charge is 0.291 e. The maximum absolute atomic E-state index is 11.1. The van der Waals surface area contributed by atoms with E-state index in [1.165, 1.54) is 5.56 Å². The highest BCUT2D eigenvalue weighted by Gasteiger charge is 2.20. The second kappa shape index (κ2) is 4.62. The van der Waals surface area contributed by atoms with Gasteiger partial charge in [0.25, 0.3) is 0 Å². The number of nitrogens with one attached hydrogen (secondary N) is 2. The van der Waals surface area contributed by atoms with Crippen molar-refractivity contribution in [2.45, 2.75) is 18.9 Å². The summed E-state index contributed by atoms with van der Waals surface area (Å²) in [4.78, 5) is 11.1. The van der Waals surface area contributed by atoms with Crippen molar-refractivity contribution < 1.29 is 4.79 Å². The van der Waals surface area contributed by atoms with Crippen LogP contribution in [-0.4, -0.2) is 21.7 Å². The Kier molecular flexibility index (Phi) is 2.82. The van der Waals surface area contributed by atoms with Crippen molar-refractivity contribution in [1.82, 2.24) is 20.6 Å². The van der Waals surface area contributed by atoms with E-state index >= 15 is 0 Å². The van der Waals surface area contributed by atoms with Gasteiger partial charge in [-0.2, -0.15) is 5.10 Å². The van der Waals surface area contributed by atoms with Gasteiger partial charge in [-0.1, -0.05) is 12.1 Å². The van der Waals surface area contributed by atoms with E-state index in [1.807, 2.05) is 29.1 Å². The van der Waals surface area contributed by atoms with Crippen LogP contribution in [0.15, 0.2) is 42.7 Å². The number of hydrogen-bond donors (Lipinski definition) is 2. The quantitative estimate of drug-likeness (QED) is 0.837. The smallest absolute Gasteiger partial charge is 0.235 e. The van der Waals surface area contributed by atoms with Crippen LogP contribution in [0, 0.1) is 0 Å². The number of amides is 1. The highest BCUT2D eigenvalue weighted by atomic mass is 16.2.